The molecule has 0 aliphatic rings. The number of esters is 2. The number of carbonyl (C=O) groups is 2. The number of hydrogen-bond acceptors (Lipinski definition) is 5. The largest absolute Gasteiger partial charge is 0.463 e. The van der Waals surface area contributed by atoms with Gasteiger partial charge in [-0.05, 0) is 6.92 Å². The van der Waals surface area contributed by atoms with Gasteiger partial charge in [-0.15, -0.1) is 0 Å². The molecule has 5 heteroatoms. The summed E-state index contributed by atoms with van der Waals surface area (Å²) in [6.07, 6.45) is 0.622. The molecule has 0 saturated carbocycles. The normalized spacial score (nSPS) is 9.47. The Hall–Kier alpha value is -1.36. The third-order valence-corrected chi connectivity index (χ3v) is 1.43. The third-order valence-electron chi connectivity index (χ3n) is 1.43. The Morgan fingerprint density at radius 3 is 2.40 bits per heavy atom. The summed E-state index contributed by atoms with van der Waals surface area (Å²) in [6.45, 7) is 5.29. The maximum atomic E-state index is 11.0. The Bertz CT molecular complexity index is 234. The van der Waals surface area contributed by atoms with E-state index in [-0.39, 0.29) is 18.8 Å². The smallest absolute Gasteiger partial charge is 0.344 e. The zero-order chi connectivity index (χ0) is 11.7. The van der Waals surface area contributed by atoms with Crippen molar-refractivity contribution < 1.29 is 23.8 Å². The van der Waals surface area contributed by atoms with E-state index in [2.05, 4.69) is 11.3 Å². The highest BCUT2D eigenvalue weighted by molar-refractivity contribution is 5.88. The minimum absolute atomic E-state index is 0.252. The maximum Gasteiger partial charge on any atom is 0.344 e. The molecule has 0 saturated heterocycles. The van der Waals surface area contributed by atoms with Gasteiger partial charge < -0.3 is 14.2 Å². The SMILES string of the molecule is C=C(C)C(=O)OCC(=O)OCCCOC. The average Bonchev–Trinajstić information content (AvgIpc) is 2.20. The fourth-order valence-electron chi connectivity index (χ4n) is 0.679. The van der Waals surface area contributed by atoms with Crippen LogP contribution in [0.4, 0.5) is 0 Å². The zero-order valence-corrected chi connectivity index (χ0v) is 9.08. The van der Waals surface area contributed by atoms with E-state index in [1.165, 1.54) is 6.92 Å². The lowest BCUT2D eigenvalue weighted by Crippen LogP contribution is -2.17. The molecule has 0 bridgehead atoms. The average molecular weight is 216 g/mol. The van der Waals surface area contributed by atoms with Crippen LogP contribution in [0.5, 0.6) is 0 Å². The van der Waals surface area contributed by atoms with Gasteiger partial charge in [-0.1, -0.05) is 6.58 Å². The number of rotatable bonds is 7. The van der Waals surface area contributed by atoms with Gasteiger partial charge in [0, 0.05) is 25.7 Å². The van der Waals surface area contributed by atoms with E-state index in [1.54, 1.807) is 7.11 Å². The minimum atomic E-state index is -0.594. The number of methoxy groups -OCH3 is 1. The standard InChI is InChI=1S/C10H16O5/c1-8(2)10(12)15-7-9(11)14-6-4-5-13-3/h1,4-7H2,2-3H3. The quantitative estimate of drug-likeness (QED) is 0.356. The Kier molecular flexibility index (Phi) is 7.27. The summed E-state index contributed by atoms with van der Waals surface area (Å²) >= 11 is 0. The lowest BCUT2D eigenvalue weighted by Gasteiger charge is -2.05. The van der Waals surface area contributed by atoms with Crippen LogP contribution >= 0.6 is 0 Å². The Morgan fingerprint density at radius 1 is 1.20 bits per heavy atom. The minimum Gasteiger partial charge on any atom is -0.463 e. The Balaban J connectivity index is 3.49. The summed E-state index contributed by atoms with van der Waals surface area (Å²) in [5.74, 6) is -1.16. The van der Waals surface area contributed by atoms with Crippen LogP contribution in [0.2, 0.25) is 0 Å². The van der Waals surface area contributed by atoms with E-state index in [9.17, 15) is 9.59 Å². The summed E-state index contributed by atoms with van der Waals surface area (Å²) in [5, 5.41) is 0. The zero-order valence-electron chi connectivity index (χ0n) is 9.08. The molecule has 0 aromatic rings. The molecule has 0 heterocycles. The summed E-state index contributed by atoms with van der Waals surface area (Å²) in [6, 6.07) is 0. The molecule has 0 radical (unpaired) electrons. The van der Waals surface area contributed by atoms with E-state index in [0.29, 0.717) is 13.0 Å². The molecule has 0 aromatic carbocycles. The lowest BCUT2D eigenvalue weighted by molar-refractivity contribution is -0.156. The second-order valence-corrected chi connectivity index (χ2v) is 2.92. The first-order valence-electron chi connectivity index (χ1n) is 4.55. The fraction of sp³-hybridized carbons (Fsp3) is 0.600. The summed E-state index contributed by atoms with van der Waals surface area (Å²) in [4.78, 5) is 21.8. The van der Waals surface area contributed by atoms with E-state index in [0.717, 1.165) is 0 Å². The number of hydrogen-bond donors (Lipinski definition) is 0. The topological polar surface area (TPSA) is 61.8 Å². The molecule has 86 valence electrons. The summed E-state index contributed by atoms with van der Waals surface area (Å²) in [7, 11) is 1.57. The van der Waals surface area contributed by atoms with Gasteiger partial charge in [-0.3, -0.25) is 0 Å². The molecule has 0 aliphatic carbocycles. The van der Waals surface area contributed by atoms with Crippen LogP contribution in [0.3, 0.4) is 0 Å². The molecule has 0 fully saturated rings. The van der Waals surface area contributed by atoms with Crippen LogP contribution in [-0.2, 0) is 23.8 Å². The second-order valence-electron chi connectivity index (χ2n) is 2.92. The van der Waals surface area contributed by atoms with Crippen molar-refractivity contribution in [2.24, 2.45) is 0 Å². The van der Waals surface area contributed by atoms with E-state index in [1.807, 2.05) is 0 Å². The van der Waals surface area contributed by atoms with Crippen molar-refractivity contribution in [2.45, 2.75) is 13.3 Å². The predicted molar refractivity (Wildman–Crippen MR) is 53.2 cm³/mol. The van der Waals surface area contributed by atoms with Crippen LogP contribution in [0.25, 0.3) is 0 Å². The predicted octanol–water partition coefficient (Wildman–Crippen LogP) is 0.685. The molecule has 0 rings (SSSR count). The first-order chi connectivity index (χ1) is 7.07. The highest BCUT2D eigenvalue weighted by Gasteiger charge is 2.08. The molecule has 0 atom stereocenters. The van der Waals surface area contributed by atoms with Gasteiger partial charge >= 0.3 is 11.9 Å². The van der Waals surface area contributed by atoms with Gasteiger partial charge in [0.05, 0.1) is 6.61 Å². The lowest BCUT2D eigenvalue weighted by atomic mass is 10.4. The molecule has 0 aliphatic heterocycles. The van der Waals surface area contributed by atoms with Crippen molar-refractivity contribution in [1.29, 1.82) is 0 Å². The highest BCUT2D eigenvalue weighted by atomic mass is 16.6. The highest BCUT2D eigenvalue weighted by Crippen LogP contribution is 1.93. The van der Waals surface area contributed by atoms with Crippen LogP contribution in [0, 0.1) is 0 Å². The first kappa shape index (κ1) is 13.6. The van der Waals surface area contributed by atoms with Gasteiger partial charge in [0.15, 0.2) is 6.61 Å². The molecule has 5 nitrogen and oxygen atoms in total. The van der Waals surface area contributed by atoms with Gasteiger partial charge in [-0.2, -0.15) is 0 Å². The second kappa shape index (κ2) is 7.99. The molecule has 0 spiro atoms. The van der Waals surface area contributed by atoms with Gasteiger partial charge in [0.25, 0.3) is 0 Å². The van der Waals surface area contributed by atoms with E-state index < -0.39 is 11.9 Å². The number of ether oxygens (including phenoxy) is 3. The van der Waals surface area contributed by atoms with Crippen molar-refractivity contribution in [3.05, 3.63) is 12.2 Å². The fourth-order valence-corrected chi connectivity index (χ4v) is 0.679. The molecule has 0 amide bonds. The van der Waals surface area contributed by atoms with Crippen LogP contribution < -0.4 is 0 Å². The van der Waals surface area contributed by atoms with Crippen LogP contribution in [-0.4, -0.2) is 38.9 Å². The number of carbonyl (C=O) groups excluding carboxylic acids is 2. The molecular weight excluding hydrogens is 200 g/mol. The van der Waals surface area contributed by atoms with Crippen molar-refractivity contribution >= 4 is 11.9 Å². The van der Waals surface area contributed by atoms with Gasteiger partial charge in [-0.25, -0.2) is 9.59 Å². The van der Waals surface area contributed by atoms with Crippen molar-refractivity contribution in [1.82, 2.24) is 0 Å². The van der Waals surface area contributed by atoms with Crippen molar-refractivity contribution in [3.8, 4) is 0 Å². The van der Waals surface area contributed by atoms with Crippen molar-refractivity contribution in [2.75, 3.05) is 26.9 Å². The molecule has 0 N–H and O–H groups in total. The monoisotopic (exact) mass is 216 g/mol. The van der Waals surface area contributed by atoms with Crippen LogP contribution in [0.1, 0.15) is 13.3 Å². The Labute approximate surface area is 89.0 Å². The van der Waals surface area contributed by atoms with Gasteiger partial charge in [0.2, 0.25) is 0 Å². The molecule has 0 aromatic heterocycles. The van der Waals surface area contributed by atoms with Gasteiger partial charge in [0.1, 0.15) is 0 Å². The maximum absolute atomic E-state index is 11.0. The summed E-state index contributed by atoms with van der Waals surface area (Å²) < 4.78 is 14.1. The first-order valence-corrected chi connectivity index (χ1v) is 4.55. The van der Waals surface area contributed by atoms with E-state index in [4.69, 9.17) is 9.47 Å². The summed E-state index contributed by atoms with van der Waals surface area (Å²) in [5.41, 5.74) is 0.252. The molecule has 0 unspecified atom stereocenters. The van der Waals surface area contributed by atoms with Crippen molar-refractivity contribution in [3.63, 3.8) is 0 Å². The molecule has 15 heavy (non-hydrogen) atoms. The third kappa shape index (κ3) is 7.69. The Morgan fingerprint density at radius 2 is 1.87 bits per heavy atom. The van der Waals surface area contributed by atoms with E-state index >= 15 is 0 Å². The van der Waals surface area contributed by atoms with Crippen LogP contribution in [0.15, 0.2) is 12.2 Å². The molecular formula is C10H16O5.